The molecule has 0 fully saturated rings. The summed E-state index contributed by atoms with van der Waals surface area (Å²) < 4.78 is 4.46. The van der Waals surface area contributed by atoms with Gasteiger partial charge in [-0.15, -0.1) is 0 Å². The minimum atomic E-state index is -0.806. The average Bonchev–Trinajstić information content (AvgIpc) is 2.50. The number of ether oxygens (including phenoxy) is 1. The van der Waals surface area contributed by atoms with Gasteiger partial charge in [0.1, 0.15) is 0 Å². The molecule has 0 saturated carbocycles. The number of nitro groups is 1. The van der Waals surface area contributed by atoms with Gasteiger partial charge in [-0.1, -0.05) is 0 Å². The lowest BCUT2D eigenvalue weighted by atomic mass is 10.1. The van der Waals surface area contributed by atoms with Gasteiger partial charge in [0.15, 0.2) is 0 Å². The van der Waals surface area contributed by atoms with Gasteiger partial charge in [-0.2, -0.15) is 0 Å². The van der Waals surface area contributed by atoms with Crippen LogP contribution < -0.4 is 10.6 Å². The summed E-state index contributed by atoms with van der Waals surface area (Å²) in [5.41, 5.74) is -0.673. The van der Waals surface area contributed by atoms with Gasteiger partial charge in [-0.25, -0.2) is 4.79 Å². The Labute approximate surface area is 119 Å². The highest BCUT2D eigenvalue weighted by Gasteiger charge is 2.18. The molecule has 0 atom stereocenters. The van der Waals surface area contributed by atoms with E-state index in [1.807, 2.05) is 0 Å². The van der Waals surface area contributed by atoms with Gasteiger partial charge in [0, 0.05) is 24.7 Å². The number of nitrogens with zero attached hydrogens (tertiary/aromatic N) is 1. The Morgan fingerprint density at radius 1 is 1.24 bits per heavy atom. The highest BCUT2D eigenvalue weighted by atomic mass is 16.6. The van der Waals surface area contributed by atoms with E-state index < -0.39 is 28.4 Å². The molecule has 21 heavy (non-hydrogen) atoms. The van der Waals surface area contributed by atoms with Gasteiger partial charge in [-0.05, 0) is 6.07 Å². The van der Waals surface area contributed by atoms with Gasteiger partial charge in [0.25, 0.3) is 11.6 Å². The monoisotopic (exact) mass is 295 g/mol. The molecule has 2 amide bonds. The fourth-order valence-electron chi connectivity index (χ4n) is 1.43. The van der Waals surface area contributed by atoms with Crippen molar-refractivity contribution in [3.63, 3.8) is 0 Å². The van der Waals surface area contributed by atoms with Crippen molar-refractivity contribution in [2.45, 2.75) is 0 Å². The number of carbonyl (C=O) groups is 3. The molecule has 0 radical (unpaired) electrons. The largest absolute Gasteiger partial charge is 0.465 e. The fourth-order valence-corrected chi connectivity index (χ4v) is 1.43. The zero-order valence-corrected chi connectivity index (χ0v) is 11.3. The van der Waals surface area contributed by atoms with Crippen LogP contribution in [0.1, 0.15) is 20.7 Å². The Bertz CT molecular complexity index is 599. The number of esters is 1. The zero-order valence-electron chi connectivity index (χ0n) is 11.3. The second-order valence-electron chi connectivity index (χ2n) is 3.87. The molecule has 1 aromatic carbocycles. The third-order valence-corrected chi connectivity index (χ3v) is 2.50. The van der Waals surface area contributed by atoms with Crippen LogP contribution in [0.5, 0.6) is 0 Å². The molecule has 9 heteroatoms. The van der Waals surface area contributed by atoms with E-state index in [1.165, 1.54) is 7.05 Å². The van der Waals surface area contributed by atoms with Crippen LogP contribution in [0.3, 0.4) is 0 Å². The average molecular weight is 295 g/mol. The third kappa shape index (κ3) is 4.27. The smallest absolute Gasteiger partial charge is 0.338 e. The summed E-state index contributed by atoms with van der Waals surface area (Å²) in [6, 6.07) is 3.16. The van der Waals surface area contributed by atoms with E-state index in [4.69, 9.17) is 0 Å². The number of nitro benzene ring substituents is 1. The summed E-state index contributed by atoms with van der Waals surface area (Å²) in [5, 5.41) is 15.4. The summed E-state index contributed by atoms with van der Waals surface area (Å²) in [7, 11) is 2.52. The fraction of sp³-hybridized carbons (Fsp3) is 0.250. The first-order valence-corrected chi connectivity index (χ1v) is 5.75. The summed E-state index contributed by atoms with van der Waals surface area (Å²) in [6.45, 7) is -0.286. The number of non-ortho nitro benzene ring substituents is 1. The number of hydrogen-bond donors (Lipinski definition) is 2. The van der Waals surface area contributed by atoms with E-state index >= 15 is 0 Å². The summed E-state index contributed by atoms with van der Waals surface area (Å²) in [5.74, 6) is -1.95. The maximum Gasteiger partial charge on any atom is 0.338 e. The first-order valence-electron chi connectivity index (χ1n) is 5.75. The molecule has 0 aliphatic carbocycles. The quantitative estimate of drug-likeness (QED) is 0.442. The number of rotatable bonds is 5. The number of methoxy groups -OCH3 is 1. The van der Waals surface area contributed by atoms with E-state index in [0.717, 1.165) is 25.3 Å². The molecular weight excluding hydrogens is 282 g/mol. The van der Waals surface area contributed by atoms with Crippen LogP contribution in [0.2, 0.25) is 0 Å². The highest BCUT2D eigenvalue weighted by Crippen LogP contribution is 2.18. The SMILES string of the molecule is CNC(=O)CNC(=O)c1cc(C(=O)OC)cc([N+](=O)[O-])c1. The Morgan fingerprint density at radius 2 is 1.86 bits per heavy atom. The van der Waals surface area contributed by atoms with Crippen LogP contribution in [0.25, 0.3) is 0 Å². The normalized spacial score (nSPS) is 9.62. The van der Waals surface area contributed by atoms with Gasteiger partial charge in [-0.3, -0.25) is 19.7 Å². The predicted octanol–water partition coefficient (Wildman–Crippen LogP) is -0.143. The molecule has 1 aromatic rings. The molecule has 0 aromatic heterocycles. The van der Waals surface area contributed by atoms with Crippen molar-refractivity contribution >= 4 is 23.5 Å². The molecule has 0 aliphatic heterocycles. The molecule has 0 saturated heterocycles. The number of hydrogen-bond acceptors (Lipinski definition) is 6. The van der Waals surface area contributed by atoms with Gasteiger partial charge >= 0.3 is 5.97 Å². The van der Waals surface area contributed by atoms with E-state index in [0.29, 0.717) is 0 Å². The molecule has 0 unspecified atom stereocenters. The summed E-state index contributed by atoms with van der Waals surface area (Å²) in [4.78, 5) is 44.4. The molecule has 1 rings (SSSR count). The molecular formula is C12H13N3O6. The maximum absolute atomic E-state index is 11.8. The van der Waals surface area contributed by atoms with Crippen molar-refractivity contribution in [1.82, 2.24) is 10.6 Å². The molecule has 9 nitrogen and oxygen atoms in total. The van der Waals surface area contributed by atoms with Crippen LogP contribution >= 0.6 is 0 Å². The topological polar surface area (TPSA) is 128 Å². The second kappa shape index (κ2) is 6.98. The number of likely N-dealkylation sites (N-methyl/N-ethyl adjacent to an activating group) is 1. The Balaban J connectivity index is 3.07. The Kier molecular flexibility index (Phi) is 5.35. The summed E-state index contributed by atoms with van der Waals surface area (Å²) >= 11 is 0. The van der Waals surface area contributed by atoms with Gasteiger partial charge in [0.05, 0.1) is 24.1 Å². The van der Waals surface area contributed by atoms with E-state index in [-0.39, 0.29) is 17.7 Å². The number of amides is 2. The van der Waals surface area contributed by atoms with Crippen molar-refractivity contribution < 1.29 is 24.0 Å². The molecule has 0 heterocycles. The van der Waals surface area contributed by atoms with Crippen molar-refractivity contribution in [2.24, 2.45) is 0 Å². The lowest BCUT2D eigenvalue weighted by Crippen LogP contribution is -2.35. The minimum absolute atomic E-state index is 0.117. The van der Waals surface area contributed by atoms with E-state index in [1.54, 1.807) is 0 Å². The number of benzene rings is 1. The van der Waals surface area contributed by atoms with Crippen LogP contribution in [0, 0.1) is 10.1 Å². The lowest BCUT2D eigenvalue weighted by Gasteiger charge is -2.06. The van der Waals surface area contributed by atoms with Gasteiger partial charge < -0.3 is 15.4 Å². The van der Waals surface area contributed by atoms with Gasteiger partial charge in [0.2, 0.25) is 5.91 Å². The van der Waals surface area contributed by atoms with Crippen molar-refractivity contribution in [3.05, 3.63) is 39.4 Å². The van der Waals surface area contributed by atoms with Crippen LogP contribution in [-0.2, 0) is 9.53 Å². The van der Waals surface area contributed by atoms with Crippen LogP contribution in [0.4, 0.5) is 5.69 Å². The first kappa shape index (κ1) is 16.1. The minimum Gasteiger partial charge on any atom is -0.465 e. The number of carbonyl (C=O) groups excluding carboxylic acids is 3. The van der Waals surface area contributed by atoms with Crippen LogP contribution in [0.15, 0.2) is 18.2 Å². The van der Waals surface area contributed by atoms with E-state index in [9.17, 15) is 24.5 Å². The molecule has 2 N–H and O–H groups in total. The molecule has 0 aliphatic rings. The number of nitrogens with one attached hydrogen (secondary N) is 2. The van der Waals surface area contributed by atoms with E-state index in [2.05, 4.69) is 15.4 Å². The maximum atomic E-state index is 11.8. The predicted molar refractivity (Wildman–Crippen MR) is 70.8 cm³/mol. The summed E-state index contributed by atoms with van der Waals surface area (Å²) in [6.07, 6.45) is 0. The molecule has 0 bridgehead atoms. The second-order valence-corrected chi connectivity index (χ2v) is 3.87. The Morgan fingerprint density at radius 3 is 2.38 bits per heavy atom. The highest BCUT2D eigenvalue weighted by molar-refractivity contribution is 6.00. The van der Waals surface area contributed by atoms with Crippen LogP contribution in [-0.4, -0.2) is 43.4 Å². The zero-order chi connectivity index (χ0) is 16.0. The molecule has 112 valence electrons. The lowest BCUT2D eigenvalue weighted by molar-refractivity contribution is -0.384. The van der Waals surface area contributed by atoms with Crippen molar-refractivity contribution in [2.75, 3.05) is 20.7 Å². The molecule has 0 spiro atoms. The van der Waals surface area contributed by atoms with Crippen molar-refractivity contribution in [1.29, 1.82) is 0 Å². The third-order valence-electron chi connectivity index (χ3n) is 2.50. The van der Waals surface area contributed by atoms with Crippen molar-refractivity contribution in [3.8, 4) is 0 Å². The standard InChI is InChI=1S/C12H13N3O6/c1-13-10(16)6-14-11(17)7-3-8(12(18)21-2)5-9(4-7)15(19)20/h3-5H,6H2,1-2H3,(H,13,16)(H,14,17). The Hall–Kier alpha value is -2.97. The first-order chi connectivity index (χ1) is 9.88.